The van der Waals surface area contributed by atoms with Crippen molar-refractivity contribution in [1.29, 1.82) is 0 Å². The molecule has 0 radical (unpaired) electrons. The minimum absolute atomic E-state index is 0.0866. The molecule has 4 heteroatoms. The maximum atomic E-state index is 12.1. The molecule has 1 aromatic carbocycles. The first-order valence-electron chi connectivity index (χ1n) is 6.97. The Labute approximate surface area is 130 Å². The zero-order valence-corrected chi connectivity index (χ0v) is 13.4. The van der Waals surface area contributed by atoms with Gasteiger partial charge in [-0.1, -0.05) is 37.0 Å². The molecule has 20 heavy (non-hydrogen) atoms. The van der Waals surface area contributed by atoms with E-state index in [1.807, 2.05) is 0 Å². The molecule has 1 saturated carbocycles. The zero-order valence-electron chi connectivity index (χ0n) is 11.9. The average Bonchev–Trinajstić information content (AvgIpc) is 2.37. The summed E-state index contributed by atoms with van der Waals surface area (Å²) in [6.07, 6.45) is 4.53. The van der Waals surface area contributed by atoms with Gasteiger partial charge in [-0.2, -0.15) is 0 Å². The first-order chi connectivity index (χ1) is 9.37. The minimum atomic E-state index is -0.0866. The number of hydrogen-bond acceptors (Lipinski definition) is 2. The van der Waals surface area contributed by atoms with Crippen LogP contribution in [0.3, 0.4) is 0 Å². The quantitative estimate of drug-likeness (QED) is 0.717. The average molecular weight is 315 g/mol. The fraction of sp³-hybridized carbons (Fsp3) is 0.562. The lowest BCUT2D eigenvalue weighted by Gasteiger charge is -2.34. The molecule has 2 rings (SSSR count). The van der Waals surface area contributed by atoms with Crippen molar-refractivity contribution in [2.45, 2.75) is 45.6 Å². The molecule has 0 heterocycles. The summed E-state index contributed by atoms with van der Waals surface area (Å²) in [7, 11) is 0. The van der Waals surface area contributed by atoms with Crippen LogP contribution in [0.2, 0.25) is 10.0 Å². The molecule has 0 atom stereocenters. The summed E-state index contributed by atoms with van der Waals surface area (Å²) in [5.41, 5.74) is 0.885. The summed E-state index contributed by atoms with van der Waals surface area (Å²) in [5.74, 6) is -0.0866. The maximum absolute atomic E-state index is 12.1. The molecule has 1 aliphatic rings. The number of ether oxygens (including phenoxy) is 1. The van der Waals surface area contributed by atoms with Crippen LogP contribution in [0.4, 0.5) is 0 Å². The molecule has 1 aromatic rings. The van der Waals surface area contributed by atoms with Crippen molar-refractivity contribution in [2.75, 3.05) is 6.61 Å². The van der Waals surface area contributed by atoms with Gasteiger partial charge in [0, 0.05) is 10.6 Å². The second kappa shape index (κ2) is 6.46. The first-order valence-corrected chi connectivity index (χ1v) is 7.73. The Hall–Kier alpha value is -0.570. The Morgan fingerprint density at radius 2 is 1.95 bits per heavy atom. The van der Waals surface area contributed by atoms with E-state index in [2.05, 4.69) is 13.8 Å². The van der Waals surface area contributed by atoms with E-state index in [4.69, 9.17) is 27.9 Å². The largest absolute Gasteiger partial charge is 0.370 e. The summed E-state index contributed by atoms with van der Waals surface area (Å²) >= 11 is 11.8. The third kappa shape index (κ3) is 4.21. The van der Waals surface area contributed by atoms with E-state index >= 15 is 0 Å². The number of carbonyl (C=O) groups is 1. The van der Waals surface area contributed by atoms with Gasteiger partial charge in [0.25, 0.3) is 0 Å². The van der Waals surface area contributed by atoms with Gasteiger partial charge in [0.15, 0.2) is 5.78 Å². The SMILES string of the molecule is CC1(C)CCC(OCC(=O)c2ccc(Cl)cc2Cl)CC1. The van der Waals surface area contributed by atoms with Crippen LogP contribution in [0, 0.1) is 5.41 Å². The number of benzene rings is 1. The van der Waals surface area contributed by atoms with Crippen LogP contribution < -0.4 is 0 Å². The Morgan fingerprint density at radius 1 is 1.30 bits per heavy atom. The van der Waals surface area contributed by atoms with Crippen molar-refractivity contribution in [3.05, 3.63) is 33.8 Å². The lowest BCUT2D eigenvalue weighted by atomic mass is 9.76. The van der Waals surface area contributed by atoms with Crippen molar-refractivity contribution in [2.24, 2.45) is 5.41 Å². The number of rotatable bonds is 4. The topological polar surface area (TPSA) is 26.3 Å². The van der Waals surface area contributed by atoms with Crippen molar-refractivity contribution < 1.29 is 9.53 Å². The summed E-state index contributed by atoms with van der Waals surface area (Å²) in [6, 6.07) is 4.91. The molecule has 0 aliphatic heterocycles. The van der Waals surface area contributed by atoms with Gasteiger partial charge >= 0.3 is 0 Å². The lowest BCUT2D eigenvalue weighted by molar-refractivity contribution is 0.00863. The molecule has 0 spiro atoms. The highest BCUT2D eigenvalue weighted by atomic mass is 35.5. The van der Waals surface area contributed by atoms with E-state index < -0.39 is 0 Å². The third-order valence-corrected chi connectivity index (χ3v) is 4.52. The van der Waals surface area contributed by atoms with Crippen LogP contribution in [0.5, 0.6) is 0 Å². The van der Waals surface area contributed by atoms with Crippen LogP contribution in [0.15, 0.2) is 18.2 Å². The van der Waals surface area contributed by atoms with Gasteiger partial charge in [-0.25, -0.2) is 0 Å². The van der Waals surface area contributed by atoms with Crippen molar-refractivity contribution in [3.8, 4) is 0 Å². The van der Waals surface area contributed by atoms with E-state index in [0.29, 0.717) is 21.0 Å². The van der Waals surface area contributed by atoms with Crippen LogP contribution >= 0.6 is 23.2 Å². The summed E-state index contributed by atoms with van der Waals surface area (Å²) in [5, 5.41) is 0.915. The molecule has 1 fully saturated rings. The first kappa shape index (κ1) is 15.8. The second-order valence-corrected chi connectivity index (χ2v) is 7.07. The molecule has 1 aliphatic carbocycles. The number of hydrogen-bond donors (Lipinski definition) is 0. The normalized spacial score (nSPS) is 19.0. The van der Waals surface area contributed by atoms with Crippen LogP contribution in [0.1, 0.15) is 49.9 Å². The van der Waals surface area contributed by atoms with E-state index in [9.17, 15) is 4.79 Å². The summed E-state index contributed by atoms with van der Waals surface area (Å²) < 4.78 is 5.74. The smallest absolute Gasteiger partial charge is 0.189 e. The molecule has 110 valence electrons. The predicted molar refractivity (Wildman–Crippen MR) is 82.8 cm³/mol. The Morgan fingerprint density at radius 3 is 2.55 bits per heavy atom. The fourth-order valence-electron chi connectivity index (χ4n) is 2.53. The maximum Gasteiger partial charge on any atom is 0.189 e. The van der Waals surface area contributed by atoms with Crippen LogP contribution in [-0.4, -0.2) is 18.5 Å². The van der Waals surface area contributed by atoms with E-state index in [-0.39, 0.29) is 18.5 Å². The number of halogens is 2. The standard InChI is InChI=1S/C16H20Cl2O2/c1-16(2)7-5-12(6-8-16)20-10-15(19)13-4-3-11(17)9-14(13)18/h3-4,9,12H,5-8,10H2,1-2H3. The van der Waals surface area contributed by atoms with E-state index in [1.54, 1.807) is 18.2 Å². The highest BCUT2D eigenvalue weighted by molar-refractivity contribution is 6.36. The van der Waals surface area contributed by atoms with Gasteiger partial charge in [-0.05, 0) is 49.3 Å². The Bertz CT molecular complexity index is 487. The molecule has 2 nitrogen and oxygen atoms in total. The van der Waals surface area contributed by atoms with Crippen LogP contribution in [0.25, 0.3) is 0 Å². The third-order valence-electron chi connectivity index (χ3n) is 3.97. The van der Waals surface area contributed by atoms with Gasteiger partial charge in [-0.15, -0.1) is 0 Å². The van der Waals surface area contributed by atoms with E-state index in [1.165, 1.54) is 0 Å². The Kier molecular flexibility index (Phi) is 5.11. The lowest BCUT2D eigenvalue weighted by Crippen LogP contribution is -2.28. The predicted octanol–water partition coefficient (Wildman–Crippen LogP) is 5.16. The minimum Gasteiger partial charge on any atom is -0.370 e. The molecule has 0 saturated heterocycles. The molecule has 0 aromatic heterocycles. The number of ketones is 1. The molecule has 0 unspecified atom stereocenters. The fourth-order valence-corrected chi connectivity index (χ4v) is 3.04. The van der Waals surface area contributed by atoms with Gasteiger partial charge in [-0.3, -0.25) is 4.79 Å². The highest BCUT2D eigenvalue weighted by Crippen LogP contribution is 2.36. The summed E-state index contributed by atoms with van der Waals surface area (Å²) in [6.45, 7) is 4.65. The van der Waals surface area contributed by atoms with Gasteiger partial charge in [0.2, 0.25) is 0 Å². The van der Waals surface area contributed by atoms with Crippen molar-refractivity contribution in [1.82, 2.24) is 0 Å². The van der Waals surface area contributed by atoms with Crippen molar-refractivity contribution in [3.63, 3.8) is 0 Å². The molecule has 0 amide bonds. The molecular weight excluding hydrogens is 295 g/mol. The highest BCUT2D eigenvalue weighted by Gasteiger charge is 2.27. The molecule has 0 N–H and O–H groups in total. The van der Waals surface area contributed by atoms with E-state index in [0.717, 1.165) is 25.7 Å². The Balaban J connectivity index is 1.87. The van der Waals surface area contributed by atoms with Crippen molar-refractivity contribution >= 4 is 29.0 Å². The molecular formula is C16H20Cl2O2. The van der Waals surface area contributed by atoms with Gasteiger partial charge < -0.3 is 4.74 Å². The zero-order chi connectivity index (χ0) is 14.8. The van der Waals surface area contributed by atoms with Gasteiger partial charge in [0.1, 0.15) is 6.61 Å². The monoisotopic (exact) mass is 314 g/mol. The number of Topliss-reactive ketones (excluding diaryl/α,β-unsaturated/α-hetero) is 1. The van der Waals surface area contributed by atoms with Gasteiger partial charge in [0.05, 0.1) is 11.1 Å². The van der Waals surface area contributed by atoms with Crippen LogP contribution in [-0.2, 0) is 4.74 Å². The molecule has 0 bridgehead atoms. The number of carbonyl (C=O) groups excluding carboxylic acids is 1. The second-order valence-electron chi connectivity index (χ2n) is 6.22. The summed E-state index contributed by atoms with van der Waals surface area (Å²) in [4.78, 5) is 12.1.